The second-order valence-corrected chi connectivity index (χ2v) is 5.57. The molecular formula is C13H14N2S. The van der Waals surface area contributed by atoms with E-state index in [4.69, 9.17) is 5.73 Å². The summed E-state index contributed by atoms with van der Waals surface area (Å²) in [5.74, 6) is 0. The van der Waals surface area contributed by atoms with Crippen LogP contribution in [0.15, 0.2) is 35.8 Å². The average Bonchev–Trinajstić information content (AvgIpc) is 2.83. The van der Waals surface area contributed by atoms with Crippen molar-refractivity contribution in [3.05, 3.63) is 52.0 Å². The minimum absolute atomic E-state index is 0.123. The molecule has 16 heavy (non-hydrogen) atoms. The monoisotopic (exact) mass is 230 g/mol. The number of nitrogens with two attached hydrogens (primary N) is 1. The largest absolute Gasteiger partial charge is 0.324 e. The van der Waals surface area contributed by atoms with Crippen LogP contribution in [0.2, 0.25) is 0 Å². The fraction of sp³-hybridized carbons (Fsp3) is 0.308. The summed E-state index contributed by atoms with van der Waals surface area (Å²) >= 11 is 1.70. The summed E-state index contributed by atoms with van der Waals surface area (Å²) in [5, 5.41) is 3.16. The highest BCUT2D eigenvalue weighted by atomic mass is 32.1. The molecule has 0 spiro atoms. The molecule has 0 atom stereocenters. The van der Waals surface area contributed by atoms with Gasteiger partial charge in [0.1, 0.15) is 0 Å². The number of hydrogen-bond acceptors (Lipinski definition) is 3. The Kier molecular flexibility index (Phi) is 2.30. The van der Waals surface area contributed by atoms with Crippen LogP contribution in [0.1, 0.15) is 16.1 Å². The summed E-state index contributed by atoms with van der Waals surface area (Å²) in [4.78, 5) is 4.33. The molecule has 3 heteroatoms. The molecule has 2 aromatic rings. The SMILES string of the molecule is NC1(Cc2nccs2)Cc2ccccc2C1. The van der Waals surface area contributed by atoms with Crippen molar-refractivity contribution in [2.75, 3.05) is 0 Å². The van der Waals surface area contributed by atoms with E-state index >= 15 is 0 Å². The quantitative estimate of drug-likeness (QED) is 0.859. The van der Waals surface area contributed by atoms with E-state index < -0.39 is 0 Å². The van der Waals surface area contributed by atoms with Gasteiger partial charge in [-0.05, 0) is 24.0 Å². The first-order chi connectivity index (χ1) is 7.75. The number of nitrogens with zero attached hydrogens (tertiary/aromatic N) is 1. The van der Waals surface area contributed by atoms with Crippen molar-refractivity contribution in [1.82, 2.24) is 4.98 Å². The van der Waals surface area contributed by atoms with Crippen molar-refractivity contribution in [1.29, 1.82) is 0 Å². The van der Waals surface area contributed by atoms with Crippen molar-refractivity contribution in [2.45, 2.75) is 24.8 Å². The number of benzene rings is 1. The molecule has 0 aliphatic heterocycles. The zero-order valence-corrected chi connectivity index (χ0v) is 9.83. The highest BCUT2D eigenvalue weighted by molar-refractivity contribution is 7.09. The van der Waals surface area contributed by atoms with Gasteiger partial charge in [-0.25, -0.2) is 4.98 Å². The third-order valence-corrected chi connectivity index (χ3v) is 3.97. The molecule has 0 fully saturated rings. The van der Waals surface area contributed by atoms with Crippen LogP contribution in [0.5, 0.6) is 0 Å². The molecule has 0 saturated carbocycles. The molecule has 1 heterocycles. The maximum absolute atomic E-state index is 6.47. The summed E-state index contributed by atoms with van der Waals surface area (Å²) in [6.45, 7) is 0. The Labute approximate surface area is 99.1 Å². The molecule has 3 rings (SSSR count). The van der Waals surface area contributed by atoms with Gasteiger partial charge in [0, 0.05) is 23.5 Å². The predicted octanol–water partition coefficient (Wildman–Crippen LogP) is 2.18. The van der Waals surface area contributed by atoms with Gasteiger partial charge in [0.25, 0.3) is 0 Å². The molecule has 2 nitrogen and oxygen atoms in total. The lowest BCUT2D eigenvalue weighted by molar-refractivity contribution is 0.445. The van der Waals surface area contributed by atoms with Crippen molar-refractivity contribution < 1.29 is 0 Å². The molecule has 82 valence electrons. The Morgan fingerprint density at radius 2 is 1.94 bits per heavy atom. The van der Waals surface area contributed by atoms with E-state index in [0.717, 1.165) is 24.3 Å². The van der Waals surface area contributed by atoms with E-state index in [0.29, 0.717) is 0 Å². The first kappa shape index (κ1) is 10.00. The maximum atomic E-state index is 6.47. The summed E-state index contributed by atoms with van der Waals surface area (Å²) < 4.78 is 0. The van der Waals surface area contributed by atoms with Gasteiger partial charge in [-0.2, -0.15) is 0 Å². The minimum atomic E-state index is -0.123. The lowest BCUT2D eigenvalue weighted by atomic mass is 9.93. The Hall–Kier alpha value is -1.19. The molecule has 2 N–H and O–H groups in total. The van der Waals surface area contributed by atoms with E-state index in [-0.39, 0.29) is 5.54 Å². The van der Waals surface area contributed by atoms with Crippen LogP contribution < -0.4 is 5.73 Å². The summed E-state index contributed by atoms with van der Waals surface area (Å²) in [6, 6.07) is 8.56. The fourth-order valence-corrected chi connectivity index (χ4v) is 3.26. The average molecular weight is 230 g/mol. The van der Waals surface area contributed by atoms with Gasteiger partial charge in [-0.15, -0.1) is 11.3 Å². The molecule has 1 aliphatic rings. The molecule has 0 bridgehead atoms. The zero-order valence-electron chi connectivity index (χ0n) is 9.02. The van der Waals surface area contributed by atoms with Crippen LogP contribution in [0.4, 0.5) is 0 Å². The molecule has 1 aliphatic carbocycles. The first-order valence-electron chi connectivity index (χ1n) is 5.49. The van der Waals surface area contributed by atoms with Crippen molar-refractivity contribution in [3.63, 3.8) is 0 Å². The van der Waals surface area contributed by atoms with Gasteiger partial charge in [0.15, 0.2) is 0 Å². The van der Waals surface area contributed by atoms with Crippen molar-refractivity contribution in [3.8, 4) is 0 Å². The van der Waals surface area contributed by atoms with Crippen molar-refractivity contribution >= 4 is 11.3 Å². The van der Waals surface area contributed by atoms with Gasteiger partial charge in [0.05, 0.1) is 5.01 Å². The lowest BCUT2D eigenvalue weighted by Gasteiger charge is -2.22. The Balaban J connectivity index is 1.83. The smallest absolute Gasteiger partial charge is 0.0943 e. The normalized spacial score (nSPS) is 17.3. The van der Waals surface area contributed by atoms with E-state index in [2.05, 4.69) is 29.2 Å². The van der Waals surface area contributed by atoms with Crippen LogP contribution in [0, 0.1) is 0 Å². The second kappa shape index (κ2) is 3.68. The van der Waals surface area contributed by atoms with Crippen LogP contribution in [0.25, 0.3) is 0 Å². The number of thiazole rings is 1. The highest BCUT2D eigenvalue weighted by Crippen LogP contribution is 2.31. The van der Waals surface area contributed by atoms with E-state index in [1.165, 1.54) is 11.1 Å². The number of aromatic nitrogens is 1. The minimum Gasteiger partial charge on any atom is -0.324 e. The van der Waals surface area contributed by atoms with Crippen LogP contribution in [-0.2, 0) is 19.3 Å². The van der Waals surface area contributed by atoms with E-state index in [1.54, 1.807) is 11.3 Å². The summed E-state index contributed by atoms with van der Waals surface area (Å²) in [6.07, 6.45) is 4.69. The van der Waals surface area contributed by atoms with Gasteiger partial charge < -0.3 is 5.73 Å². The third-order valence-electron chi connectivity index (χ3n) is 3.19. The van der Waals surface area contributed by atoms with Crippen LogP contribution in [0.3, 0.4) is 0 Å². The maximum Gasteiger partial charge on any atom is 0.0943 e. The van der Waals surface area contributed by atoms with E-state index in [1.807, 2.05) is 11.6 Å². The third kappa shape index (κ3) is 1.77. The molecule has 0 saturated heterocycles. The molecule has 1 aromatic heterocycles. The second-order valence-electron chi connectivity index (χ2n) is 4.59. The number of fused-ring (bicyclic) bond motifs is 1. The predicted molar refractivity (Wildman–Crippen MR) is 66.6 cm³/mol. The van der Waals surface area contributed by atoms with Crippen LogP contribution >= 0.6 is 11.3 Å². The van der Waals surface area contributed by atoms with Gasteiger partial charge in [-0.1, -0.05) is 24.3 Å². The Bertz CT molecular complexity index is 460. The highest BCUT2D eigenvalue weighted by Gasteiger charge is 2.33. The molecule has 1 aromatic carbocycles. The van der Waals surface area contributed by atoms with Gasteiger partial charge in [-0.3, -0.25) is 0 Å². The fourth-order valence-electron chi connectivity index (χ4n) is 2.49. The summed E-state index contributed by atoms with van der Waals surface area (Å²) in [5.41, 5.74) is 9.15. The Morgan fingerprint density at radius 3 is 2.50 bits per heavy atom. The summed E-state index contributed by atoms with van der Waals surface area (Å²) in [7, 11) is 0. The number of rotatable bonds is 2. The molecular weight excluding hydrogens is 216 g/mol. The van der Waals surface area contributed by atoms with E-state index in [9.17, 15) is 0 Å². The zero-order chi connectivity index (χ0) is 11.0. The molecule has 0 amide bonds. The topological polar surface area (TPSA) is 38.9 Å². The van der Waals surface area contributed by atoms with Crippen LogP contribution in [-0.4, -0.2) is 10.5 Å². The van der Waals surface area contributed by atoms with Gasteiger partial charge in [0.2, 0.25) is 0 Å². The first-order valence-corrected chi connectivity index (χ1v) is 6.37. The molecule has 0 unspecified atom stereocenters. The Morgan fingerprint density at radius 1 is 1.25 bits per heavy atom. The van der Waals surface area contributed by atoms with Crippen molar-refractivity contribution in [2.24, 2.45) is 5.73 Å². The lowest BCUT2D eigenvalue weighted by Crippen LogP contribution is -2.42. The molecule has 0 radical (unpaired) electrons. The van der Waals surface area contributed by atoms with Gasteiger partial charge >= 0.3 is 0 Å². The number of hydrogen-bond donors (Lipinski definition) is 1. The standard InChI is InChI=1S/C13H14N2S/c14-13(9-12-15-5-6-16-12)7-10-3-1-2-4-11(10)8-13/h1-6H,7-9,14H2.